The Morgan fingerprint density at radius 1 is 1.00 bits per heavy atom. The van der Waals surface area contributed by atoms with Crippen molar-refractivity contribution in [2.75, 3.05) is 13.7 Å². The summed E-state index contributed by atoms with van der Waals surface area (Å²) in [6, 6.07) is 20.9. The van der Waals surface area contributed by atoms with Crippen molar-refractivity contribution >= 4 is 39.4 Å². The number of hydrogen-bond donors (Lipinski definition) is 2. The van der Waals surface area contributed by atoms with E-state index in [-0.39, 0.29) is 5.78 Å². The van der Waals surface area contributed by atoms with Crippen LogP contribution in [-0.2, 0) is 0 Å². The average molecular weight is 437 g/mol. The van der Waals surface area contributed by atoms with Crippen molar-refractivity contribution in [2.24, 2.45) is 0 Å². The van der Waals surface area contributed by atoms with Crippen LogP contribution in [0.15, 0.2) is 72.9 Å². The van der Waals surface area contributed by atoms with Crippen molar-refractivity contribution in [3.05, 3.63) is 89.9 Å². The van der Waals surface area contributed by atoms with Gasteiger partial charge in [-0.15, -0.1) is 0 Å². The highest BCUT2D eigenvalue weighted by Gasteiger charge is 2.20. The van der Waals surface area contributed by atoms with Crippen molar-refractivity contribution in [2.45, 2.75) is 6.92 Å². The predicted octanol–water partition coefficient (Wildman–Crippen LogP) is 5.88. The van der Waals surface area contributed by atoms with E-state index in [1.54, 1.807) is 25.3 Å². The summed E-state index contributed by atoms with van der Waals surface area (Å²) in [7, 11) is 1.58. The quantitative estimate of drug-likeness (QED) is 0.246. The van der Waals surface area contributed by atoms with Gasteiger partial charge >= 0.3 is 0 Å². The van der Waals surface area contributed by atoms with Gasteiger partial charge in [0.25, 0.3) is 0 Å². The molecule has 0 amide bonds. The first-order valence-corrected chi connectivity index (χ1v) is 10.8. The lowest BCUT2D eigenvalue weighted by Gasteiger charge is -2.11. The molecule has 0 fully saturated rings. The number of rotatable bonds is 7. The molecule has 0 atom stereocenters. The number of methoxy groups -OCH3 is 1. The van der Waals surface area contributed by atoms with Crippen molar-refractivity contribution in [1.29, 1.82) is 0 Å². The third-order valence-corrected chi connectivity index (χ3v) is 5.54. The van der Waals surface area contributed by atoms with E-state index >= 15 is 0 Å². The highest BCUT2D eigenvalue weighted by atomic mass is 16.5. The molecule has 0 spiro atoms. The highest BCUT2D eigenvalue weighted by molar-refractivity contribution is 6.32. The number of aromatic nitrogens is 3. The number of benzene rings is 3. The Labute approximate surface area is 190 Å². The zero-order valence-corrected chi connectivity index (χ0v) is 18.4. The van der Waals surface area contributed by atoms with Crippen LogP contribution < -0.4 is 9.47 Å². The molecule has 6 nitrogen and oxygen atoms in total. The number of nitrogens with zero attached hydrogens (tertiary/aromatic N) is 1. The van der Waals surface area contributed by atoms with E-state index in [4.69, 9.17) is 14.5 Å². The van der Waals surface area contributed by atoms with Crippen LogP contribution in [0.5, 0.6) is 11.5 Å². The number of para-hydroxylation sites is 3. The van der Waals surface area contributed by atoms with Crippen LogP contribution >= 0.6 is 0 Å². The number of ketones is 1. The lowest BCUT2D eigenvalue weighted by Crippen LogP contribution is -2.06. The van der Waals surface area contributed by atoms with E-state index < -0.39 is 0 Å². The van der Waals surface area contributed by atoms with E-state index in [0.29, 0.717) is 35.1 Å². The SMILES string of the molecule is CCOc1cc(C(=O)C(=Cc2c[nH]c3ccccc23)c2nc3ccccc3[nH]2)ccc1OC. The summed E-state index contributed by atoms with van der Waals surface area (Å²) in [4.78, 5) is 25.1. The van der Waals surface area contributed by atoms with Crippen LogP contribution in [0.2, 0.25) is 0 Å². The summed E-state index contributed by atoms with van der Waals surface area (Å²) < 4.78 is 11.1. The summed E-state index contributed by atoms with van der Waals surface area (Å²) in [5.74, 6) is 1.46. The smallest absolute Gasteiger partial charge is 0.196 e. The number of aromatic amines is 2. The standard InChI is InChI=1S/C27H23N3O3/c1-3-33-25-15-17(12-13-24(25)32-2)26(31)20(27-29-22-10-6-7-11-23(22)30-27)14-18-16-28-21-9-5-4-8-19(18)21/h4-16,28H,3H2,1-2H3,(H,29,30). The molecule has 33 heavy (non-hydrogen) atoms. The molecular formula is C27H23N3O3. The molecule has 5 aromatic rings. The van der Waals surface area contributed by atoms with Crippen molar-refractivity contribution in [3.8, 4) is 11.5 Å². The molecule has 0 radical (unpaired) electrons. The Morgan fingerprint density at radius 2 is 1.79 bits per heavy atom. The fourth-order valence-corrected chi connectivity index (χ4v) is 3.93. The number of fused-ring (bicyclic) bond motifs is 2. The number of carbonyl (C=O) groups excluding carboxylic acids is 1. The van der Waals surface area contributed by atoms with Crippen LogP contribution in [-0.4, -0.2) is 34.5 Å². The number of carbonyl (C=O) groups is 1. The van der Waals surface area contributed by atoms with Crippen LogP contribution in [0.3, 0.4) is 0 Å². The first-order chi connectivity index (χ1) is 16.2. The average Bonchev–Trinajstić information content (AvgIpc) is 3.46. The molecule has 2 aromatic heterocycles. The van der Waals surface area contributed by atoms with E-state index in [1.807, 2.05) is 67.7 Å². The monoisotopic (exact) mass is 437 g/mol. The van der Waals surface area contributed by atoms with Crippen molar-refractivity contribution in [1.82, 2.24) is 15.0 Å². The molecule has 0 saturated heterocycles. The van der Waals surface area contributed by atoms with E-state index in [0.717, 1.165) is 27.5 Å². The Morgan fingerprint density at radius 3 is 2.58 bits per heavy atom. The summed E-state index contributed by atoms with van der Waals surface area (Å²) in [5, 5.41) is 1.03. The minimum atomic E-state index is -0.164. The van der Waals surface area contributed by atoms with Gasteiger partial charge in [-0.2, -0.15) is 0 Å². The molecule has 3 aromatic carbocycles. The normalized spacial score (nSPS) is 11.8. The summed E-state index contributed by atoms with van der Waals surface area (Å²) in [6.07, 6.45) is 3.78. The maximum absolute atomic E-state index is 13.8. The minimum Gasteiger partial charge on any atom is -0.493 e. The first kappa shape index (κ1) is 20.6. The second-order valence-electron chi connectivity index (χ2n) is 7.58. The van der Waals surface area contributed by atoms with Gasteiger partial charge in [-0.1, -0.05) is 30.3 Å². The molecule has 2 heterocycles. The Balaban J connectivity index is 1.67. The van der Waals surface area contributed by atoms with Crippen LogP contribution in [0.4, 0.5) is 0 Å². The molecule has 2 N–H and O–H groups in total. The van der Waals surface area contributed by atoms with Gasteiger partial charge in [0.1, 0.15) is 5.82 Å². The van der Waals surface area contributed by atoms with E-state index in [2.05, 4.69) is 9.97 Å². The Bertz CT molecular complexity index is 1460. The fourth-order valence-electron chi connectivity index (χ4n) is 3.93. The van der Waals surface area contributed by atoms with E-state index in [1.165, 1.54) is 0 Å². The molecule has 0 aliphatic rings. The Hall–Kier alpha value is -4.32. The maximum Gasteiger partial charge on any atom is 0.196 e. The molecule has 5 rings (SSSR count). The van der Waals surface area contributed by atoms with Gasteiger partial charge in [-0.05, 0) is 49.4 Å². The minimum absolute atomic E-state index is 0.164. The largest absolute Gasteiger partial charge is 0.493 e. The number of H-pyrrole nitrogens is 2. The van der Waals surface area contributed by atoms with Gasteiger partial charge in [0.05, 0.1) is 30.3 Å². The molecule has 0 aliphatic heterocycles. The molecule has 0 unspecified atom stereocenters. The second kappa shape index (κ2) is 8.67. The summed E-state index contributed by atoms with van der Waals surface area (Å²) >= 11 is 0. The van der Waals surface area contributed by atoms with Crippen LogP contribution in [0, 0.1) is 0 Å². The molecule has 6 heteroatoms. The zero-order valence-electron chi connectivity index (χ0n) is 18.4. The Kier molecular flexibility index (Phi) is 5.40. The van der Waals surface area contributed by atoms with Crippen molar-refractivity contribution < 1.29 is 14.3 Å². The fraction of sp³-hybridized carbons (Fsp3) is 0.111. The number of allylic oxidation sites excluding steroid dienone is 1. The molecule has 0 aliphatic carbocycles. The van der Waals surface area contributed by atoms with Gasteiger partial charge in [0, 0.05) is 28.2 Å². The van der Waals surface area contributed by atoms with Gasteiger partial charge in [-0.25, -0.2) is 4.98 Å². The number of nitrogens with one attached hydrogen (secondary N) is 2. The van der Waals surface area contributed by atoms with Crippen molar-refractivity contribution in [3.63, 3.8) is 0 Å². The lowest BCUT2D eigenvalue weighted by molar-refractivity contribution is 0.105. The topological polar surface area (TPSA) is 80.0 Å². The van der Waals surface area contributed by atoms with E-state index in [9.17, 15) is 4.79 Å². The van der Waals surface area contributed by atoms with Gasteiger partial charge < -0.3 is 19.4 Å². The first-order valence-electron chi connectivity index (χ1n) is 10.8. The predicted molar refractivity (Wildman–Crippen MR) is 131 cm³/mol. The van der Waals surface area contributed by atoms with Gasteiger partial charge in [0.15, 0.2) is 17.3 Å². The zero-order chi connectivity index (χ0) is 22.8. The second-order valence-corrected chi connectivity index (χ2v) is 7.58. The van der Waals surface area contributed by atoms with Crippen LogP contribution in [0.1, 0.15) is 28.7 Å². The lowest BCUT2D eigenvalue weighted by atomic mass is 9.99. The van der Waals surface area contributed by atoms with Gasteiger partial charge in [-0.3, -0.25) is 4.79 Å². The molecule has 164 valence electrons. The number of Topliss-reactive ketones (excluding diaryl/α,β-unsaturated/α-hetero) is 1. The number of ether oxygens (including phenoxy) is 2. The summed E-state index contributed by atoms with van der Waals surface area (Å²) in [5.41, 5.74) is 4.54. The summed E-state index contributed by atoms with van der Waals surface area (Å²) in [6.45, 7) is 2.36. The third-order valence-electron chi connectivity index (χ3n) is 5.54. The van der Waals surface area contributed by atoms with Crippen LogP contribution in [0.25, 0.3) is 33.6 Å². The molecule has 0 bridgehead atoms. The molecular weight excluding hydrogens is 414 g/mol. The highest BCUT2D eigenvalue weighted by Crippen LogP contribution is 2.32. The number of hydrogen-bond acceptors (Lipinski definition) is 4. The molecule has 0 saturated carbocycles. The maximum atomic E-state index is 13.8. The number of imidazole rings is 1. The van der Waals surface area contributed by atoms with Gasteiger partial charge in [0.2, 0.25) is 0 Å². The third kappa shape index (κ3) is 3.87.